The zero-order valence-corrected chi connectivity index (χ0v) is 13.3. The van der Waals surface area contributed by atoms with E-state index in [0.717, 1.165) is 0 Å². The van der Waals surface area contributed by atoms with Crippen molar-refractivity contribution in [2.75, 3.05) is 13.1 Å². The molecular weight excluding hydrogens is 286 g/mol. The van der Waals surface area contributed by atoms with E-state index in [-0.39, 0.29) is 30.5 Å². The molecule has 1 N–H and O–H groups in total. The normalized spacial score (nSPS) is 18.6. The van der Waals surface area contributed by atoms with Gasteiger partial charge in [0.25, 0.3) is 0 Å². The molecule has 1 fully saturated rings. The Balaban J connectivity index is 2.01. The van der Waals surface area contributed by atoms with Crippen molar-refractivity contribution in [2.24, 2.45) is 13.0 Å². The van der Waals surface area contributed by atoms with E-state index >= 15 is 0 Å². The van der Waals surface area contributed by atoms with Gasteiger partial charge in [-0.3, -0.25) is 14.2 Å². The summed E-state index contributed by atoms with van der Waals surface area (Å²) in [6.07, 6.45) is 2.22. The summed E-state index contributed by atoms with van der Waals surface area (Å²) in [4.78, 5) is 37.7. The number of carbonyl (C=O) groups is 2. The molecule has 122 valence electrons. The van der Waals surface area contributed by atoms with E-state index in [9.17, 15) is 14.4 Å². The summed E-state index contributed by atoms with van der Waals surface area (Å²) in [5.41, 5.74) is -0.247. The van der Waals surface area contributed by atoms with Gasteiger partial charge >= 0.3 is 5.69 Å². The second-order valence-corrected chi connectivity index (χ2v) is 6.02. The lowest BCUT2D eigenvalue weighted by atomic mass is 9.99. The molecule has 2 amide bonds. The van der Waals surface area contributed by atoms with Crippen molar-refractivity contribution in [1.82, 2.24) is 24.6 Å². The Hall–Kier alpha value is -2.12. The molecule has 8 heteroatoms. The van der Waals surface area contributed by atoms with Crippen LogP contribution in [0, 0.1) is 5.92 Å². The number of carbonyl (C=O) groups excluding carboxylic acids is 2. The number of rotatable bonds is 5. The Labute approximate surface area is 129 Å². The maximum absolute atomic E-state index is 12.4. The van der Waals surface area contributed by atoms with Crippen LogP contribution in [-0.4, -0.2) is 50.2 Å². The molecular formula is C14H23N5O3. The van der Waals surface area contributed by atoms with Crippen LogP contribution in [0.15, 0.2) is 11.1 Å². The molecule has 0 saturated carbocycles. The van der Waals surface area contributed by atoms with E-state index in [1.807, 2.05) is 13.8 Å². The second kappa shape index (κ2) is 6.76. The van der Waals surface area contributed by atoms with Crippen molar-refractivity contribution in [1.29, 1.82) is 0 Å². The summed E-state index contributed by atoms with van der Waals surface area (Å²) >= 11 is 0. The maximum atomic E-state index is 12.4. The Morgan fingerprint density at radius 3 is 2.77 bits per heavy atom. The summed E-state index contributed by atoms with van der Waals surface area (Å²) in [5, 5.41) is 6.74. The number of nitrogens with zero attached hydrogens (tertiary/aromatic N) is 4. The summed E-state index contributed by atoms with van der Waals surface area (Å²) in [5.74, 6) is 0.115. The molecule has 1 atom stereocenters. The summed E-state index contributed by atoms with van der Waals surface area (Å²) in [6, 6.07) is -0.415. The first-order valence-corrected chi connectivity index (χ1v) is 7.55. The maximum Gasteiger partial charge on any atom is 0.345 e. The lowest BCUT2D eigenvalue weighted by molar-refractivity contribution is -0.144. The van der Waals surface area contributed by atoms with Gasteiger partial charge in [-0.05, 0) is 12.3 Å². The van der Waals surface area contributed by atoms with Crippen molar-refractivity contribution >= 4 is 11.8 Å². The molecule has 1 aliphatic rings. The predicted molar refractivity (Wildman–Crippen MR) is 80.1 cm³/mol. The Morgan fingerprint density at radius 2 is 2.18 bits per heavy atom. The second-order valence-electron chi connectivity index (χ2n) is 6.02. The average Bonchev–Trinajstić information content (AvgIpc) is 2.78. The summed E-state index contributed by atoms with van der Waals surface area (Å²) in [7, 11) is 1.61. The van der Waals surface area contributed by atoms with Gasteiger partial charge < -0.3 is 10.2 Å². The monoisotopic (exact) mass is 309 g/mol. The van der Waals surface area contributed by atoms with Crippen molar-refractivity contribution in [3.05, 3.63) is 16.8 Å². The van der Waals surface area contributed by atoms with Gasteiger partial charge in [-0.2, -0.15) is 5.10 Å². The molecule has 2 heterocycles. The van der Waals surface area contributed by atoms with E-state index in [2.05, 4.69) is 10.4 Å². The zero-order chi connectivity index (χ0) is 16.3. The van der Waals surface area contributed by atoms with Gasteiger partial charge in [0.1, 0.15) is 12.4 Å². The number of hydrogen-bond acceptors (Lipinski definition) is 4. The first kappa shape index (κ1) is 16.3. The van der Waals surface area contributed by atoms with Gasteiger partial charge in [0.15, 0.2) is 0 Å². The van der Waals surface area contributed by atoms with Gasteiger partial charge in [0.05, 0.1) is 6.54 Å². The highest BCUT2D eigenvalue weighted by Crippen LogP contribution is 2.15. The minimum Gasteiger partial charge on any atom is -0.353 e. The van der Waals surface area contributed by atoms with Crippen LogP contribution in [0.4, 0.5) is 0 Å². The topological polar surface area (TPSA) is 89.2 Å². The van der Waals surface area contributed by atoms with Crippen LogP contribution in [0.5, 0.6) is 0 Å². The Kier molecular flexibility index (Phi) is 4.99. The molecule has 0 unspecified atom stereocenters. The van der Waals surface area contributed by atoms with Crippen LogP contribution >= 0.6 is 0 Å². The molecule has 0 spiro atoms. The smallest absolute Gasteiger partial charge is 0.345 e. The van der Waals surface area contributed by atoms with Crippen LogP contribution in [0.25, 0.3) is 0 Å². The highest BCUT2D eigenvalue weighted by atomic mass is 16.2. The molecule has 0 aliphatic carbocycles. The van der Waals surface area contributed by atoms with Gasteiger partial charge in [0.2, 0.25) is 11.8 Å². The molecule has 0 radical (unpaired) electrons. The van der Waals surface area contributed by atoms with Crippen LogP contribution in [0.1, 0.15) is 26.7 Å². The third-order valence-electron chi connectivity index (χ3n) is 3.77. The highest BCUT2D eigenvalue weighted by Gasteiger charge is 2.33. The van der Waals surface area contributed by atoms with Crippen molar-refractivity contribution in [3.63, 3.8) is 0 Å². The van der Waals surface area contributed by atoms with Gasteiger partial charge in [-0.1, -0.05) is 13.8 Å². The SMILES string of the molecule is CC(C)C[C@@H]1C(=O)NCCN1C(=O)CCn1ncn(C)c1=O. The first-order chi connectivity index (χ1) is 10.4. The van der Waals surface area contributed by atoms with Crippen LogP contribution in [0.3, 0.4) is 0 Å². The van der Waals surface area contributed by atoms with Crippen molar-refractivity contribution in [2.45, 2.75) is 39.3 Å². The third-order valence-corrected chi connectivity index (χ3v) is 3.77. The lowest BCUT2D eigenvalue weighted by Crippen LogP contribution is -2.57. The number of nitrogens with one attached hydrogen (secondary N) is 1. The summed E-state index contributed by atoms with van der Waals surface area (Å²) in [6.45, 7) is 5.27. The van der Waals surface area contributed by atoms with Crippen LogP contribution < -0.4 is 11.0 Å². The minimum absolute atomic E-state index is 0.0942. The molecule has 1 aromatic rings. The number of hydrogen-bond donors (Lipinski definition) is 1. The van der Waals surface area contributed by atoms with E-state index < -0.39 is 6.04 Å². The van der Waals surface area contributed by atoms with Gasteiger partial charge in [-0.25, -0.2) is 9.48 Å². The minimum atomic E-state index is -0.415. The third kappa shape index (κ3) is 3.55. The number of aromatic nitrogens is 3. The number of aryl methyl sites for hydroxylation is 2. The fourth-order valence-corrected chi connectivity index (χ4v) is 2.61. The zero-order valence-electron chi connectivity index (χ0n) is 13.3. The van der Waals surface area contributed by atoms with Crippen molar-refractivity contribution < 1.29 is 9.59 Å². The molecule has 2 rings (SSSR count). The van der Waals surface area contributed by atoms with Gasteiger partial charge in [0, 0.05) is 26.6 Å². The van der Waals surface area contributed by atoms with Crippen molar-refractivity contribution in [3.8, 4) is 0 Å². The fourth-order valence-electron chi connectivity index (χ4n) is 2.61. The van der Waals surface area contributed by atoms with Gasteiger partial charge in [-0.15, -0.1) is 0 Å². The molecule has 0 aromatic carbocycles. The fraction of sp³-hybridized carbons (Fsp3) is 0.714. The quantitative estimate of drug-likeness (QED) is 0.782. The summed E-state index contributed by atoms with van der Waals surface area (Å²) < 4.78 is 2.62. The molecule has 1 aromatic heterocycles. The largest absolute Gasteiger partial charge is 0.353 e. The molecule has 1 aliphatic heterocycles. The molecule has 22 heavy (non-hydrogen) atoms. The Bertz CT molecular complexity index is 604. The van der Waals surface area contributed by atoms with E-state index in [1.165, 1.54) is 15.6 Å². The van der Waals surface area contributed by atoms with E-state index in [4.69, 9.17) is 0 Å². The standard InChI is InChI=1S/C14H23N5O3/c1-10(2)8-11-13(21)15-5-7-18(11)12(20)4-6-19-14(22)17(3)9-16-19/h9-11H,4-8H2,1-3H3,(H,15,21)/t11-/m1/s1. The Morgan fingerprint density at radius 1 is 1.45 bits per heavy atom. The predicted octanol–water partition coefficient (Wildman–Crippen LogP) is -0.655. The van der Waals surface area contributed by atoms with E-state index in [1.54, 1.807) is 11.9 Å². The number of piperazine rings is 1. The lowest BCUT2D eigenvalue weighted by Gasteiger charge is -2.36. The number of amides is 2. The first-order valence-electron chi connectivity index (χ1n) is 7.55. The van der Waals surface area contributed by atoms with Crippen LogP contribution in [0.2, 0.25) is 0 Å². The van der Waals surface area contributed by atoms with E-state index in [0.29, 0.717) is 25.4 Å². The highest BCUT2D eigenvalue weighted by molar-refractivity contribution is 5.88. The molecule has 0 bridgehead atoms. The average molecular weight is 309 g/mol. The van der Waals surface area contributed by atoms with Crippen LogP contribution in [-0.2, 0) is 23.2 Å². The molecule has 8 nitrogen and oxygen atoms in total. The molecule has 1 saturated heterocycles.